The van der Waals surface area contributed by atoms with Crippen LogP contribution >= 0.6 is 11.9 Å². The van der Waals surface area contributed by atoms with Gasteiger partial charge in [0.05, 0.1) is 49.2 Å². The van der Waals surface area contributed by atoms with Gasteiger partial charge in [0.1, 0.15) is 11.8 Å². The second kappa shape index (κ2) is 44.5. The number of rotatable bonds is 25. The molecule has 2 fully saturated rings. The number of likely N-dealkylation sites (tertiary alicyclic amines) is 1. The fourth-order valence-corrected chi connectivity index (χ4v) is 8.66. The van der Waals surface area contributed by atoms with E-state index < -0.39 is 60.8 Å². The van der Waals surface area contributed by atoms with Crippen molar-refractivity contribution in [3.8, 4) is 5.75 Å². The smallest absolute Gasteiger partial charge is 0.341 e. The topological polar surface area (TPSA) is 196 Å². The summed E-state index contributed by atoms with van der Waals surface area (Å²) < 4.78 is 20.0. The number of likely N-dealkylation sites (N-methyl/N-ethyl adjacent to an activating group) is 2. The van der Waals surface area contributed by atoms with Gasteiger partial charge in [-0.1, -0.05) is 144 Å². The molecule has 8 atom stereocenters. The number of carbonyl (C=O) groups excluding carboxylic acids is 5. The number of benzene rings is 1. The molecule has 0 aromatic heterocycles. The average Bonchev–Trinajstić information content (AvgIpc) is 4.07. The zero-order valence-electron chi connectivity index (χ0n) is 47.2. The van der Waals surface area contributed by atoms with E-state index in [2.05, 4.69) is 29.2 Å². The third-order valence-electron chi connectivity index (χ3n) is 11.4. The second-order valence-electron chi connectivity index (χ2n) is 17.1. The van der Waals surface area contributed by atoms with Gasteiger partial charge >= 0.3 is 5.97 Å². The lowest BCUT2D eigenvalue weighted by Gasteiger charge is -2.39. The number of ether oxygens (including phenoxy) is 3. The second-order valence-corrected chi connectivity index (χ2v) is 18.2. The number of hydrogen-bond donors (Lipinski definition) is 4. The Hall–Kier alpha value is -3.93. The van der Waals surface area contributed by atoms with Crippen LogP contribution in [-0.4, -0.2) is 152 Å². The van der Waals surface area contributed by atoms with Crippen molar-refractivity contribution in [3.05, 3.63) is 29.8 Å². The van der Waals surface area contributed by atoms with E-state index in [4.69, 9.17) is 19.3 Å². The number of carboxylic acid groups (broad SMARTS) is 1. The van der Waals surface area contributed by atoms with Gasteiger partial charge in [0.25, 0.3) is 5.91 Å². The maximum Gasteiger partial charge on any atom is 0.341 e. The Balaban J connectivity index is -0.00000107. The summed E-state index contributed by atoms with van der Waals surface area (Å²) in [6.45, 7) is 29.7. The molecule has 2 aliphatic rings. The van der Waals surface area contributed by atoms with E-state index in [1.54, 1.807) is 48.0 Å². The molecule has 16 nitrogen and oxygen atoms in total. The number of hydrogen-bond acceptors (Lipinski definition) is 11. The summed E-state index contributed by atoms with van der Waals surface area (Å²) in [6, 6.07) is 4.48. The van der Waals surface area contributed by atoms with Crippen LogP contribution in [0.3, 0.4) is 0 Å². The van der Waals surface area contributed by atoms with Gasteiger partial charge in [-0.2, -0.15) is 0 Å². The van der Waals surface area contributed by atoms with Gasteiger partial charge in [-0.15, -0.1) is 0 Å². The minimum atomic E-state index is -1.10. The lowest BCUT2D eigenvalue weighted by molar-refractivity contribution is -0.146. The quantitative estimate of drug-likeness (QED) is 0.0679. The maximum absolute atomic E-state index is 14.2. The number of carbonyl (C=O) groups is 6. The van der Waals surface area contributed by atoms with E-state index in [9.17, 15) is 28.8 Å². The van der Waals surface area contributed by atoms with Crippen molar-refractivity contribution in [2.45, 2.75) is 212 Å². The third-order valence-corrected chi connectivity index (χ3v) is 12.5. The average molecular weight is 1050 g/mol. The van der Waals surface area contributed by atoms with E-state index in [0.29, 0.717) is 36.8 Å². The number of nitrogens with zero attached hydrogens (tertiary/aromatic N) is 3. The van der Waals surface area contributed by atoms with Crippen molar-refractivity contribution in [2.75, 3.05) is 55.1 Å². The maximum atomic E-state index is 14.2. The Morgan fingerprint density at radius 3 is 1.79 bits per heavy atom. The van der Waals surface area contributed by atoms with Crippen LogP contribution in [-0.2, 0) is 44.7 Å². The lowest BCUT2D eigenvalue weighted by Crippen LogP contribution is -2.55. The Kier molecular flexibility index (Phi) is 47.6. The molecule has 5 amide bonds. The molecule has 424 valence electrons. The van der Waals surface area contributed by atoms with Crippen LogP contribution in [0.25, 0.3) is 0 Å². The first-order valence-corrected chi connectivity index (χ1v) is 27.0. The van der Waals surface area contributed by atoms with Crippen LogP contribution in [0.5, 0.6) is 5.75 Å². The van der Waals surface area contributed by atoms with Gasteiger partial charge in [0.15, 0.2) is 6.61 Å². The van der Waals surface area contributed by atoms with Gasteiger partial charge < -0.3 is 39.8 Å². The molecule has 4 N–H and O–H groups in total. The molecule has 1 aliphatic heterocycles. The van der Waals surface area contributed by atoms with Gasteiger partial charge in [-0.05, 0) is 81.3 Å². The predicted molar refractivity (Wildman–Crippen MR) is 300 cm³/mol. The van der Waals surface area contributed by atoms with Crippen molar-refractivity contribution in [2.24, 2.45) is 17.8 Å². The summed E-state index contributed by atoms with van der Waals surface area (Å²) in [7, 11) is 8.37. The van der Waals surface area contributed by atoms with Crippen LogP contribution in [0.1, 0.15) is 169 Å². The first-order valence-electron chi connectivity index (χ1n) is 26.1. The van der Waals surface area contributed by atoms with Gasteiger partial charge in [-0.3, -0.25) is 33.6 Å². The number of carboxylic acids is 1. The molecule has 1 heterocycles. The van der Waals surface area contributed by atoms with Crippen LogP contribution in [0.2, 0.25) is 0 Å². The summed E-state index contributed by atoms with van der Waals surface area (Å²) in [5, 5.41) is 15.0. The molecule has 1 aliphatic carbocycles. The van der Waals surface area contributed by atoms with Crippen molar-refractivity contribution < 1.29 is 48.1 Å². The largest absolute Gasteiger partial charge is 0.482 e. The zero-order chi connectivity index (χ0) is 54.7. The van der Waals surface area contributed by atoms with Gasteiger partial charge in [0.2, 0.25) is 23.6 Å². The molecule has 1 aromatic rings. The summed E-state index contributed by atoms with van der Waals surface area (Å²) in [5.74, 6) is -2.93. The number of methoxy groups -OCH3 is 2. The molecule has 0 spiro atoms. The minimum absolute atomic E-state index is 0. The Morgan fingerprint density at radius 2 is 1.35 bits per heavy atom. The van der Waals surface area contributed by atoms with Gasteiger partial charge in [0, 0.05) is 39.5 Å². The lowest BCUT2D eigenvalue weighted by atomic mass is 9.90. The molecule has 0 radical (unpaired) electrons. The molecule has 1 aromatic carbocycles. The highest BCUT2D eigenvalue weighted by Gasteiger charge is 2.42. The summed E-state index contributed by atoms with van der Waals surface area (Å²) >= 11 is 1.35. The van der Waals surface area contributed by atoms with Crippen molar-refractivity contribution in [3.63, 3.8) is 0 Å². The standard InChI is InChI=1S/C42H68N6O10S.C3H8.4C2H6.2CH4/c1-11-26(4)38(47(8)35(50)23-43-42(55)37(25(2)3)46(6)7)33(56-9)22-34(49)48-20-12-13-32(48)39(57-10)27(5)40(53)44-31(41(54)45-59-30-18-19-30)21-28-14-16-29(17-15-28)58-24-36(51)52;1-3-2;4*1-2;;/h14-17,25-27,30-33,37-39H,11-13,18-24H2,1-10H3,(H,43,55)(H,44,53)(H,45,54)(H,51,52);3H2,1-2H3;4*1-2H3;2*1H4. The highest BCUT2D eigenvalue weighted by Crippen LogP contribution is 2.32. The first kappa shape index (κ1) is 77.0. The first-order chi connectivity index (χ1) is 33.3. The molecule has 1 saturated heterocycles. The summed E-state index contributed by atoms with van der Waals surface area (Å²) in [6.07, 6.45) is 4.12. The van der Waals surface area contributed by atoms with E-state index >= 15 is 0 Å². The highest BCUT2D eigenvalue weighted by atomic mass is 32.2. The van der Waals surface area contributed by atoms with Gasteiger partial charge in [-0.25, -0.2) is 4.79 Å². The van der Waals surface area contributed by atoms with E-state index in [1.165, 1.54) is 32.6 Å². The molecule has 0 bridgehead atoms. The minimum Gasteiger partial charge on any atom is -0.482 e. The Labute approximate surface area is 444 Å². The van der Waals surface area contributed by atoms with Crippen molar-refractivity contribution in [1.82, 2.24) is 30.1 Å². The van der Waals surface area contributed by atoms with Crippen LogP contribution in [0.4, 0.5) is 0 Å². The molecule has 17 heteroatoms. The molecular weight excluding hydrogens is 937 g/mol. The summed E-state index contributed by atoms with van der Waals surface area (Å²) in [5.41, 5.74) is 0.734. The molecular formula is C55H108N6O10S. The zero-order valence-corrected chi connectivity index (χ0v) is 48.0. The SMILES string of the molecule is C.C.CC.CC.CC.CC.CCC.CCC(C)C(C(CC(=O)N1CCCC1C(OC)C(C)C(=O)NC(Cc1ccc(OCC(=O)O)cc1)C(=O)NSC1CC1)OC)N(C)C(=O)CNC(=O)C(C(C)C)N(C)C. The number of amides is 5. The highest BCUT2D eigenvalue weighted by molar-refractivity contribution is 7.98. The molecule has 3 rings (SSSR count). The predicted octanol–water partition coefficient (Wildman–Crippen LogP) is 9.52. The van der Waals surface area contributed by atoms with Crippen LogP contribution in [0.15, 0.2) is 24.3 Å². The normalized spacial score (nSPS) is 16.1. The van der Waals surface area contributed by atoms with Crippen LogP contribution < -0.4 is 20.1 Å². The molecule has 1 saturated carbocycles. The van der Waals surface area contributed by atoms with E-state index in [0.717, 1.165) is 18.4 Å². The van der Waals surface area contributed by atoms with E-state index in [-0.39, 0.29) is 69.7 Å². The Morgan fingerprint density at radius 1 is 0.806 bits per heavy atom. The third kappa shape index (κ3) is 27.9. The summed E-state index contributed by atoms with van der Waals surface area (Å²) in [4.78, 5) is 84.2. The van der Waals surface area contributed by atoms with Crippen molar-refractivity contribution in [1.29, 1.82) is 0 Å². The fraction of sp³-hybridized carbons (Fsp3) is 0.782. The fourth-order valence-electron chi connectivity index (χ4n) is 7.86. The monoisotopic (exact) mass is 1040 g/mol. The van der Waals surface area contributed by atoms with Crippen molar-refractivity contribution >= 4 is 47.5 Å². The molecule has 8 unspecified atom stereocenters. The molecule has 72 heavy (non-hydrogen) atoms. The number of nitrogens with one attached hydrogen (secondary N) is 3. The Bertz CT molecular complexity index is 1570. The van der Waals surface area contributed by atoms with Crippen LogP contribution in [0, 0.1) is 17.8 Å². The van der Waals surface area contributed by atoms with E-state index in [1.807, 2.05) is 102 Å². The number of aliphatic carboxylic acids is 1.